The van der Waals surface area contributed by atoms with Gasteiger partial charge in [-0.05, 0) is 17.7 Å². The summed E-state index contributed by atoms with van der Waals surface area (Å²) in [5.74, 6) is 0.588. The van der Waals surface area contributed by atoms with Crippen LogP contribution in [-0.4, -0.2) is 19.4 Å². The van der Waals surface area contributed by atoms with Crippen LogP contribution < -0.4 is 4.74 Å². The van der Waals surface area contributed by atoms with Crippen molar-refractivity contribution >= 4 is 12.0 Å². The van der Waals surface area contributed by atoms with Crippen molar-refractivity contribution in [3.63, 3.8) is 0 Å². The maximum atomic E-state index is 11.8. The molecule has 0 radical (unpaired) electrons. The summed E-state index contributed by atoms with van der Waals surface area (Å²) < 4.78 is 15.9. The molecule has 0 spiro atoms. The molecule has 4 heteroatoms. The van der Waals surface area contributed by atoms with Gasteiger partial charge in [0.05, 0.1) is 6.61 Å². The molecule has 3 rings (SSSR count). The van der Waals surface area contributed by atoms with E-state index in [1.54, 1.807) is 0 Å². The van der Waals surface area contributed by atoms with Crippen molar-refractivity contribution in [1.29, 1.82) is 0 Å². The van der Waals surface area contributed by atoms with Crippen LogP contribution >= 0.6 is 0 Å². The fraction of sp³-hybridized carbons (Fsp3) is 0.400. The molecule has 0 N–H and O–H groups in total. The summed E-state index contributed by atoms with van der Waals surface area (Å²) in [5, 5.41) is 0. The van der Waals surface area contributed by atoms with E-state index in [2.05, 4.69) is 0 Å². The zero-order valence-electron chi connectivity index (χ0n) is 11.1. The van der Waals surface area contributed by atoms with E-state index in [9.17, 15) is 4.79 Å². The third-order valence-corrected chi connectivity index (χ3v) is 3.53. The van der Waals surface area contributed by atoms with Gasteiger partial charge < -0.3 is 14.2 Å². The Morgan fingerprint density at radius 3 is 2.84 bits per heavy atom. The van der Waals surface area contributed by atoms with Gasteiger partial charge in [-0.3, -0.25) is 0 Å². The minimum atomic E-state index is -0.254. The van der Waals surface area contributed by atoms with Gasteiger partial charge in [0, 0.05) is 16.6 Å². The van der Waals surface area contributed by atoms with Crippen molar-refractivity contribution < 1.29 is 19.0 Å². The zero-order valence-corrected chi connectivity index (χ0v) is 11.1. The Bertz CT molecular complexity index is 557. The van der Waals surface area contributed by atoms with Crippen LogP contribution in [0, 0.1) is 5.41 Å². The van der Waals surface area contributed by atoms with Crippen molar-refractivity contribution in [2.24, 2.45) is 5.41 Å². The summed E-state index contributed by atoms with van der Waals surface area (Å²) in [6, 6.07) is 5.80. The molecule has 2 heterocycles. The highest BCUT2D eigenvalue weighted by molar-refractivity contribution is 5.97. The summed E-state index contributed by atoms with van der Waals surface area (Å²) in [5.41, 5.74) is 2.39. The fourth-order valence-corrected chi connectivity index (χ4v) is 2.34. The molecule has 0 saturated carbocycles. The smallest absolute Gasteiger partial charge is 0.334 e. The average Bonchev–Trinajstić information content (AvgIpc) is 2.66. The summed E-state index contributed by atoms with van der Waals surface area (Å²) in [7, 11) is 0. The predicted octanol–water partition coefficient (Wildman–Crippen LogP) is 2.52. The molecule has 100 valence electrons. The summed E-state index contributed by atoms with van der Waals surface area (Å²) in [4.78, 5) is 11.8. The number of hydrogen-bond acceptors (Lipinski definition) is 4. The van der Waals surface area contributed by atoms with Gasteiger partial charge in [0.25, 0.3) is 0 Å². The lowest BCUT2D eigenvalue weighted by molar-refractivity contribution is -0.135. The van der Waals surface area contributed by atoms with E-state index < -0.39 is 0 Å². The Morgan fingerprint density at radius 1 is 1.26 bits per heavy atom. The number of esters is 1. The largest absolute Gasteiger partial charge is 0.467 e. The SMILES string of the molecule is CC1(C)COC(=O)/C1=C/c1cccc2c1COCO2. The average molecular weight is 260 g/mol. The van der Waals surface area contributed by atoms with Crippen LogP contribution in [0.5, 0.6) is 5.75 Å². The maximum absolute atomic E-state index is 11.8. The molecule has 2 aliphatic heterocycles. The number of benzene rings is 1. The molecular formula is C15H16O4. The molecule has 0 amide bonds. The lowest BCUT2D eigenvalue weighted by Crippen LogP contribution is -2.15. The molecule has 1 fully saturated rings. The monoisotopic (exact) mass is 260 g/mol. The van der Waals surface area contributed by atoms with Gasteiger partial charge >= 0.3 is 5.97 Å². The lowest BCUT2D eigenvalue weighted by atomic mass is 9.85. The van der Waals surface area contributed by atoms with Crippen LogP contribution in [0.25, 0.3) is 6.08 Å². The van der Waals surface area contributed by atoms with Gasteiger partial charge in [-0.1, -0.05) is 26.0 Å². The summed E-state index contributed by atoms with van der Waals surface area (Å²) in [6.07, 6.45) is 1.90. The molecule has 0 atom stereocenters. The summed E-state index contributed by atoms with van der Waals surface area (Å²) in [6.45, 7) is 5.23. The maximum Gasteiger partial charge on any atom is 0.334 e. The highest BCUT2D eigenvalue weighted by atomic mass is 16.7. The zero-order chi connectivity index (χ0) is 13.5. The van der Waals surface area contributed by atoms with E-state index in [-0.39, 0.29) is 18.2 Å². The second-order valence-electron chi connectivity index (χ2n) is 5.45. The van der Waals surface area contributed by atoms with Crippen LogP contribution in [0.3, 0.4) is 0 Å². The van der Waals surface area contributed by atoms with E-state index in [1.165, 1.54) is 0 Å². The molecule has 2 aliphatic rings. The molecule has 0 unspecified atom stereocenters. The molecule has 4 nitrogen and oxygen atoms in total. The van der Waals surface area contributed by atoms with Crippen LogP contribution in [0.1, 0.15) is 25.0 Å². The lowest BCUT2D eigenvalue weighted by Gasteiger charge is -2.20. The minimum absolute atomic E-state index is 0.236. The number of carbonyl (C=O) groups excluding carboxylic acids is 1. The Balaban J connectivity index is 2.06. The molecule has 0 bridgehead atoms. The fourth-order valence-electron chi connectivity index (χ4n) is 2.34. The molecule has 0 aromatic heterocycles. The highest BCUT2D eigenvalue weighted by Crippen LogP contribution is 2.37. The topological polar surface area (TPSA) is 44.8 Å². The van der Waals surface area contributed by atoms with Gasteiger partial charge in [-0.25, -0.2) is 4.79 Å². The Labute approximate surface area is 112 Å². The molecule has 1 aromatic carbocycles. The van der Waals surface area contributed by atoms with Crippen LogP contribution in [0.4, 0.5) is 0 Å². The van der Waals surface area contributed by atoms with E-state index >= 15 is 0 Å². The minimum Gasteiger partial charge on any atom is -0.467 e. The van der Waals surface area contributed by atoms with Crippen molar-refractivity contribution in [1.82, 2.24) is 0 Å². The van der Waals surface area contributed by atoms with Crippen molar-refractivity contribution in [2.75, 3.05) is 13.4 Å². The number of fused-ring (bicyclic) bond motifs is 1. The Kier molecular flexibility index (Phi) is 2.82. The molecule has 1 aromatic rings. The van der Waals surface area contributed by atoms with Gasteiger partial charge in [-0.2, -0.15) is 0 Å². The van der Waals surface area contributed by atoms with E-state index in [0.717, 1.165) is 16.9 Å². The van der Waals surface area contributed by atoms with E-state index in [4.69, 9.17) is 14.2 Å². The number of rotatable bonds is 1. The number of carbonyl (C=O) groups is 1. The molecule has 0 aliphatic carbocycles. The standard InChI is InChI=1S/C15H16O4/c1-15(2)8-18-14(16)12(15)6-10-4-3-5-13-11(10)7-17-9-19-13/h3-6H,7-9H2,1-2H3/b12-6-. The normalized spacial score (nSPS) is 22.8. The molecule has 19 heavy (non-hydrogen) atoms. The van der Waals surface area contributed by atoms with Gasteiger partial charge in [0.2, 0.25) is 0 Å². The number of cyclic esters (lactones) is 1. The molecular weight excluding hydrogens is 244 g/mol. The first-order valence-electron chi connectivity index (χ1n) is 6.30. The van der Waals surface area contributed by atoms with Crippen molar-refractivity contribution in [3.05, 3.63) is 34.9 Å². The highest BCUT2D eigenvalue weighted by Gasteiger charge is 2.37. The quantitative estimate of drug-likeness (QED) is 0.575. The third-order valence-electron chi connectivity index (χ3n) is 3.53. The van der Waals surface area contributed by atoms with E-state index in [1.807, 2.05) is 38.1 Å². The number of ether oxygens (including phenoxy) is 3. The third kappa shape index (κ3) is 2.12. The van der Waals surface area contributed by atoms with Crippen molar-refractivity contribution in [2.45, 2.75) is 20.5 Å². The summed E-state index contributed by atoms with van der Waals surface area (Å²) >= 11 is 0. The van der Waals surface area contributed by atoms with Crippen molar-refractivity contribution in [3.8, 4) is 5.75 Å². The second kappa shape index (κ2) is 4.38. The Hall–Kier alpha value is -1.81. The van der Waals surface area contributed by atoms with Gasteiger partial charge in [0.1, 0.15) is 12.4 Å². The van der Waals surface area contributed by atoms with Crippen LogP contribution in [-0.2, 0) is 20.9 Å². The first kappa shape index (κ1) is 12.2. The second-order valence-corrected chi connectivity index (χ2v) is 5.45. The first-order chi connectivity index (χ1) is 9.08. The first-order valence-corrected chi connectivity index (χ1v) is 6.30. The molecule has 1 saturated heterocycles. The van der Waals surface area contributed by atoms with Crippen LogP contribution in [0.15, 0.2) is 23.8 Å². The van der Waals surface area contributed by atoms with Crippen LogP contribution in [0.2, 0.25) is 0 Å². The Morgan fingerprint density at radius 2 is 2.11 bits per heavy atom. The number of hydrogen-bond donors (Lipinski definition) is 0. The van der Waals surface area contributed by atoms with Gasteiger partial charge in [-0.15, -0.1) is 0 Å². The van der Waals surface area contributed by atoms with E-state index in [0.29, 0.717) is 18.8 Å². The van der Waals surface area contributed by atoms with Gasteiger partial charge in [0.15, 0.2) is 6.79 Å². The predicted molar refractivity (Wildman–Crippen MR) is 69.4 cm³/mol.